The number of piperazine rings is 1. The van der Waals surface area contributed by atoms with Crippen LogP contribution in [0.1, 0.15) is 31.4 Å². The van der Waals surface area contributed by atoms with Gasteiger partial charge in [0.25, 0.3) is 0 Å². The highest BCUT2D eigenvalue weighted by Gasteiger charge is 2.47. The predicted molar refractivity (Wildman–Crippen MR) is 71.2 cm³/mol. The molecule has 1 aromatic rings. The Kier molecular flexibility index (Phi) is 3.01. The monoisotopic (exact) mass is 258 g/mol. The number of likely N-dealkylation sites (N-methyl/N-ethyl adjacent to an activating group) is 1. The van der Waals surface area contributed by atoms with Crippen LogP contribution >= 0.6 is 0 Å². The van der Waals surface area contributed by atoms with Crippen LogP contribution < -0.4 is 5.32 Å². The molecular weight excluding hydrogens is 240 g/mol. The van der Waals surface area contributed by atoms with Gasteiger partial charge in [-0.25, -0.2) is 0 Å². The van der Waals surface area contributed by atoms with Crippen molar-refractivity contribution in [3.05, 3.63) is 35.9 Å². The summed E-state index contributed by atoms with van der Waals surface area (Å²) in [5.41, 5.74) is 0.855. The zero-order chi connectivity index (χ0) is 13.4. The fourth-order valence-electron chi connectivity index (χ4n) is 2.84. The summed E-state index contributed by atoms with van der Waals surface area (Å²) in [6, 6.07) is 8.67. The van der Waals surface area contributed by atoms with Gasteiger partial charge in [0, 0.05) is 6.54 Å². The van der Waals surface area contributed by atoms with Gasteiger partial charge in [-0.2, -0.15) is 0 Å². The third-order valence-electron chi connectivity index (χ3n) is 3.96. The minimum absolute atomic E-state index is 0.00203. The summed E-state index contributed by atoms with van der Waals surface area (Å²) in [7, 11) is 0. The number of rotatable bonds is 3. The molecule has 1 aromatic carbocycles. The molecule has 2 amide bonds. The number of carbonyl (C=O) groups is 2. The second kappa shape index (κ2) is 4.68. The summed E-state index contributed by atoms with van der Waals surface area (Å²) >= 11 is 0. The number of nitrogens with zero attached hydrogens (tertiary/aromatic N) is 1. The maximum atomic E-state index is 12.6. The number of benzene rings is 1. The molecule has 0 bridgehead atoms. The van der Waals surface area contributed by atoms with E-state index in [0.29, 0.717) is 12.5 Å². The highest BCUT2D eigenvalue weighted by atomic mass is 16.2. The van der Waals surface area contributed by atoms with Crippen molar-refractivity contribution in [3.8, 4) is 0 Å². The van der Waals surface area contributed by atoms with Crippen LogP contribution in [0.4, 0.5) is 0 Å². The van der Waals surface area contributed by atoms with Crippen molar-refractivity contribution in [2.24, 2.45) is 5.92 Å². The number of hydrogen-bond acceptors (Lipinski definition) is 2. The maximum Gasteiger partial charge on any atom is 0.250 e. The van der Waals surface area contributed by atoms with Crippen LogP contribution in [0.15, 0.2) is 30.3 Å². The Balaban J connectivity index is 1.89. The summed E-state index contributed by atoms with van der Waals surface area (Å²) in [4.78, 5) is 26.6. The molecule has 4 heteroatoms. The quantitative estimate of drug-likeness (QED) is 0.893. The first-order valence-electron chi connectivity index (χ1n) is 6.88. The van der Waals surface area contributed by atoms with E-state index in [9.17, 15) is 9.59 Å². The molecule has 2 unspecified atom stereocenters. The van der Waals surface area contributed by atoms with Crippen LogP contribution in [0.25, 0.3) is 0 Å². The van der Waals surface area contributed by atoms with Crippen LogP contribution in [-0.2, 0) is 9.59 Å². The molecule has 2 fully saturated rings. The second-order valence-corrected chi connectivity index (χ2v) is 5.26. The fraction of sp³-hybridized carbons (Fsp3) is 0.467. The number of hydrogen-bond donors (Lipinski definition) is 1. The minimum Gasteiger partial charge on any atom is -0.339 e. The van der Waals surface area contributed by atoms with E-state index >= 15 is 0 Å². The van der Waals surface area contributed by atoms with Gasteiger partial charge in [0.1, 0.15) is 12.1 Å². The molecule has 100 valence electrons. The average molecular weight is 258 g/mol. The Morgan fingerprint density at radius 2 is 1.89 bits per heavy atom. The zero-order valence-corrected chi connectivity index (χ0v) is 11.0. The lowest BCUT2D eigenvalue weighted by molar-refractivity contribution is -0.150. The fourth-order valence-corrected chi connectivity index (χ4v) is 2.84. The average Bonchev–Trinajstić information content (AvgIpc) is 3.26. The van der Waals surface area contributed by atoms with Gasteiger partial charge in [-0.15, -0.1) is 0 Å². The van der Waals surface area contributed by atoms with Crippen molar-refractivity contribution in [2.75, 3.05) is 6.54 Å². The Bertz CT molecular complexity index is 496. The molecule has 1 saturated carbocycles. The van der Waals surface area contributed by atoms with E-state index in [-0.39, 0.29) is 17.9 Å². The number of nitrogens with one attached hydrogen (secondary N) is 1. The van der Waals surface area contributed by atoms with Crippen LogP contribution in [0.2, 0.25) is 0 Å². The number of carbonyl (C=O) groups excluding carboxylic acids is 2. The van der Waals surface area contributed by atoms with E-state index in [1.54, 1.807) is 4.90 Å². The van der Waals surface area contributed by atoms with Gasteiger partial charge in [0.2, 0.25) is 11.8 Å². The van der Waals surface area contributed by atoms with E-state index in [1.165, 1.54) is 0 Å². The van der Waals surface area contributed by atoms with Crippen LogP contribution in [-0.4, -0.2) is 29.3 Å². The SMILES string of the molecule is CCN1C(=O)C(c2ccccc2)NC(=O)C1C1CC1. The van der Waals surface area contributed by atoms with E-state index in [4.69, 9.17) is 0 Å². The van der Waals surface area contributed by atoms with E-state index in [2.05, 4.69) is 5.32 Å². The molecule has 3 rings (SSSR count). The Morgan fingerprint density at radius 3 is 2.47 bits per heavy atom. The first-order chi connectivity index (χ1) is 9.22. The summed E-state index contributed by atoms with van der Waals surface area (Å²) in [5.74, 6) is 0.378. The predicted octanol–water partition coefficient (Wildman–Crippen LogP) is 1.48. The smallest absolute Gasteiger partial charge is 0.250 e. The maximum absolute atomic E-state index is 12.6. The minimum atomic E-state index is -0.524. The van der Waals surface area contributed by atoms with E-state index in [0.717, 1.165) is 18.4 Å². The molecule has 19 heavy (non-hydrogen) atoms. The van der Waals surface area contributed by atoms with Gasteiger partial charge in [0.05, 0.1) is 0 Å². The summed E-state index contributed by atoms with van der Waals surface area (Å²) in [6.07, 6.45) is 2.11. The largest absolute Gasteiger partial charge is 0.339 e. The topological polar surface area (TPSA) is 49.4 Å². The standard InChI is InChI=1S/C15H18N2O2/c1-2-17-13(11-8-9-11)14(18)16-12(15(17)19)10-6-4-3-5-7-10/h3-7,11-13H,2,8-9H2,1H3,(H,16,18). The van der Waals surface area contributed by atoms with Gasteiger partial charge in [0.15, 0.2) is 0 Å². The van der Waals surface area contributed by atoms with Crippen molar-refractivity contribution in [1.29, 1.82) is 0 Å². The van der Waals surface area contributed by atoms with Crippen molar-refractivity contribution >= 4 is 11.8 Å². The first-order valence-corrected chi connectivity index (χ1v) is 6.88. The molecule has 4 nitrogen and oxygen atoms in total. The van der Waals surface area contributed by atoms with Gasteiger partial charge in [-0.3, -0.25) is 9.59 Å². The molecule has 2 atom stereocenters. The van der Waals surface area contributed by atoms with Crippen molar-refractivity contribution in [1.82, 2.24) is 10.2 Å². The normalized spacial score (nSPS) is 27.3. The molecule has 1 aliphatic carbocycles. The first kappa shape index (κ1) is 12.2. The third-order valence-corrected chi connectivity index (χ3v) is 3.96. The Hall–Kier alpha value is -1.84. The van der Waals surface area contributed by atoms with Crippen LogP contribution in [0, 0.1) is 5.92 Å². The molecule has 1 N–H and O–H groups in total. The highest BCUT2D eigenvalue weighted by Crippen LogP contribution is 2.38. The molecular formula is C15H18N2O2. The molecule has 1 heterocycles. The van der Waals surface area contributed by atoms with E-state index in [1.807, 2.05) is 37.3 Å². The molecule has 1 aliphatic heterocycles. The summed E-state index contributed by atoms with van der Waals surface area (Å²) < 4.78 is 0. The summed E-state index contributed by atoms with van der Waals surface area (Å²) in [6.45, 7) is 2.53. The van der Waals surface area contributed by atoms with Gasteiger partial charge in [-0.1, -0.05) is 30.3 Å². The molecule has 0 spiro atoms. The molecule has 0 aromatic heterocycles. The number of amides is 2. The lowest BCUT2D eigenvalue weighted by Gasteiger charge is -2.38. The van der Waals surface area contributed by atoms with E-state index < -0.39 is 6.04 Å². The van der Waals surface area contributed by atoms with Crippen molar-refractivity contribution < 1.29 is 9.59 Å². The van der Waals surface area contributed by atoms with Gasteiger partial charge < -0.3 is 10.2 Å². The second-order valence-electron chi connectivity index (χ2n) is 5.26. The van der Waals surface area contributed by atoms with Gasteiger partial charge in [-0.05, 0) is 31.2 Å². The Labute approximate surface area is 112 Å². The molecule has 0 radical (unpaired) electrons. The third kappa shape index (κ3) is 2.11. The summed E-state index contributed by atoms with van der Waals surface area (Å²) in [5, 5.41) is 2.89. The molecule has 1 saturated heterocycles. The van der Waals surface area contributed by atoms with Gasteiger partial charge >= 0.3 is 0 Å². The van der Waals surface area contributed by atoms with Crippen LogP contribution in [0.3, 0.4) is 0 Å². The van der Waals surface area contributed by atoms with Crippen molar-refractivity contribution in [3.63, 3.8) is 0 Å². The van der Waals surface area contributed by atoms with Crippen LogP contribution in [0.5, 0.6) is 0 Å². The Morgan fingerprint density at radius 1 is 1.21 bits per heavy atom. The highest BCUT2D eigenvalue weighted by molar-refractivity contribution is 5.97. The lowest BCUT2D eigenvalue weighted by Crippen LogP contribution is -2.60. The zero-order valence-electron chi connectivity index (χ0n) is 11.0. The lowest BCUT2D eigenvalue weighted by atomic mass is 9.98. The molecule has 2 aliphatic rings. The van der Waals surface area contributed by atoms with Crippen molar-refractivity contribution in [2.45, 2.75) is 31.8 Å².